The van der Waals surface area contributed by atoms with E-state index >= 15 is 0 Å². The van der Waals surface area contributed by atoms with E-state index in [2.05, 4.69) is 22.5 Å². The number of nitrogens with zero attached hydrogens (tertiary/aromatic N) is 1. The minimum atomic E-state index is -0.921. The van der Waals surface area contributed by atoms with E-state index in [1.54, 1.807) is 18.3 Å². The van der Waals surface area contributed by atoms with Gasteiger partial charge < -0.3 is 10.4 Å². The molecule has 2 N–H and O–H groups in total. The van der Waals surface area contributed by atoms with Gasteiger partial charge in [0.05, 0.1) is 28.0 Å². The van der Waals surface area contributed by atoms with E-state index < -0.39 is 5.97 Å². The predicted molar refractivity (Wildman–Crippen MR) is 89.0 cm³/mol. The zero-order chi connectivity index (χ0) is 16.0. The van der Waals surface area contributed by atoms with Crippen molar-refractivity contribution in [3.8, 4) is 0 Å². The van der Waals surface area contributed by atoms with Gasteiger partial charge in [0, 0.05) is 12.1 Å². The summed E-state index contributed by atoms with van der Waals surface area (Å²) in [6.07, 6.45) is 6.89. The Bertz CT molecular complexity index is 804. The van der Waals surface area contributed by atoms with E-state index in [1.807, 2.05) is 18.2 Å². The van der Waals surface area contributed by atoms with E-state index in [1.165, 1.54) is 0 Å². The number of hydrogen-bond acceptors (Lipinski definition) is 3. The summed E-state index contributed by atoms with van der Waals surface area (Å²) < 4.78 is 0. The third kappa shape index (κ3) is 2.21. The minimum Gasteiger partial charge on any atom is -0.478 e. The molecule has 0 spiro atoms. The minimum absolute atomic E-state index is 0.0187. The first kappa shape index (κ1) is 14.3. The van der Waals surface area contributed by atoms with Gasteiger partial charge in [-0.05, 0) is 42.2 Å². The van der Waals surface area contributed by atoms with Crippen molar-refractivity contribution in [2.45, 2.75) is 18.4 Å². The van der Waals surface area contributed by atoms with Crippen molar-refractivity contribution in [3.63, 3.8) is 0 Å². The monoisotopic (exact) mass is 326 g/mol. The van der Waals surface area contributed by atoms with Crippen molar-refractivity contribution < 1.29 is 9.90 Å². The van der Waals surface area contributed by atoms with Gasteiger partial charge >= 0.3 is 5.97 Å². The van der Waals surface area contributed by atoms with Gasteiger partial charge in [-0.2, -0.15) is 0 Å². The molecule has 0 saturated carbocycles. The van der Waals surface area contributed by atoms with Gasteiger partial charge in [0.25, 0.3) is 0 Å². The van der Waals surface area contributed by atoms with Crippen LogP contribution >= 0.6 is 11.6 Å². The number of rotatable bonds is 2. The van der Waals surface area contributed by atoms with Gasteiger partial charge in [-0.1, -0.05) is 29.8 Å². The number of allylic oxidation sites excluding steroid dienone is 2. The molecule has 1 aromatic heterocycles. The first-order valence-corrected chi connectivity index (χ1v) is 7.94. The topological polar surface area (TPSA) is 62.2 Å². The van der Waals surface area contributed by atoms with Crippen LogP contribution in [0.2, 0.25) is 5.02 Å². The second kappa shape index (κ2) is 5.39. The summed E-state index contributed by atoms with van der Waals surface area (Å²) in [5, 5.41) is 13.5. The lowest BCUT2D eigenvalue weighted by atomic mass is 9.76. The average molecular weight is 327 g/mol. The van der Waals surface area contributed by atoms with E-state index in [4.69, 9.17) is 11.6 Å². The van der Waals surface area contributed by atoms with E-state index in [-0.39, 0.29) is 17.9 Å². The van der Waals surface area contributed by atoms with Crippen LogP contribution in [0.4, 0.5) is 5.69 Å². The second-order valence-corrected chi connectivity index (χ2v) is 6.33. The van der Waals surface area contributed by atoms with Gasteiger partial charge in [0.2, 0.25) is 0 Å². The summed E-state index contributed by atoms with van der Waals surface area (Å²) in [5.74, 6) is -0.632. The average Bonchev–Trinajstić information content (AvgIpc) is 3.05. The van der Waals surface area contributed by atoms with Gasteiger partial charge in [-0.3, -0.25) is 4.98 Å². The number of nitrogens with one attached hydrogen (secondary N) is 1. The lowest BCUT2D eigenvalue weighted by Gasteiger charge is -2.38. The summed E-state index contributed by atoms with van der Waals surface area (Å²) in [4.78, 5) is 16.1. The number of anilines is 1. The third-order valence-corrected chi connectivity index (χ3v) is 5.02. The lowest BCUT2D eigenvalue weighted by molar-refractivity contribution is 0.0695. The molecule has 116 valence electrons. The fraction of sp³-hybridized carbons (Fsp3) is 0.222. The fourth-order valence-corrected chi connectivity index (χ4v) is 3.93. The van der Waals surface area contributed by atoms with Crippen LogP contribution in [-0.2, 0) is 0 Å². The van der Waals surface area contributed by atoms with Crippen molar-refractivity contribution in [1.82, 2.24) is 4.98 Å². The Hall–Kier alpha value is -2.33. The highest BCUT2D eigenvalue weighted by atomic mass is 35.5. The number of carboxylic acid groups (broad SMARTS) is 1. The molecule has 4 rings (SSSR count). The molecule has 2 unspecified atom stereocenters. The number of benzene rings is 1. The maximum Gasteiger partial charge on any atom is 0.336 e. The molecule has 1 aliphatic carbocycles. The number of carbonyl (C=O) groups is 1. The first-order valence-electron chi connectivity index (χ1n) is 7.56. The van der Waals surface area contributed by atoms with Crippen molar-refractivity contribution >= 4 is 23.3 Å². The largest absolute Gasteiger partial charge is 0.478 e. The van der Waals surface area contributed by atoms with E-state index in [0.717, 1.165) is 23.4 Å². The van der Waals surface area contributed by atoms with Crippen molar-refractivity contribution in [2.24, 2.45) is 5.92 Å². The van der Waals surface area contributed by atoms with Crippen LogP contribution in [0.3, 0.4) is 0 Å². The molecule has 1 aromatic carbocycles. The standard InChI is InChI=1S/C18H15ClN2O2/c19-13-8-7-12(18(22)23)15-10-4-3-5-11(10)16(21-17(13)15)14-6-1-2-9-20-14/h1-4,6-11,16,21H,5H2,(H,22,23)/t10?,11?,16-/m0/s1. The van der Waals surface area contributed by atoms with Gasteiger partial charge in [-0.15, -0.1) is 0 Å². The van der Waals surface area contributed by atoms with Crippen LogP contribution in [0.25, 0.3) is 0 Å². The van der Waals surface area contributed by atoms with Gasteiger partial charge in [0.1, 0.15) is 0 Å². The smallest absolute Gasteiger partial charge is 0.336 e. The molecule has 0 saturated heterocycles. The molecular formula is C18H15ClN2O2. The quantitative estimate of drug-likeness (QED) is 0.809. The zero-order valence-electron chi connectivity index (χ0n) is 12.2. The molecule has 0 fully saturated rings. The Balaban J connectivity index is 1.89. The Morgan fingerprint density at radius 3 is 2.91 bits per heavy atom. The summed E-state index contributed by atoms with van der Waals surface area (Å²) >= 11 is 6.36. The van der Waals surface area contributed by atoms with Gasteiger partial charge in [-0.25, -0.2) is 4.79 Å². The zero-order valence-corrected chi connectivity index (χ0v) is 13.0. The Labute approximate surface area is 138 Å². The molecule has 0 radical (unpaired) electrons. The van der Waals surface area contributed by atoms with E-state index in [9.17, 15) is 9.90 Å². The highest BCUT2D eigenvalue weighted by Gasteiger charge is 2.41. The predicted octanol–water partition coefficient (Wildman–Crippen LogP) is 4.26. The van der Waals surface area contributed by atoms with Crippen molar-refractivity contribution in [3.05, 3.63) is 70.5 Å². The van der Waals surface area contributed by atoms with E-state index in [0.29, 0.717) is 10.6 Å². The Morgan fingerprint density at radius 1 is 1.30 bits per heavy atom. The number of carboxylic acids is 1. The molecular weight excluding hydrogens is 312 g/mol. The lowest BCUT2D eigenvalue weighted by Crippen LogP contribution is -2.31. The normalized spacial score (nSPS) is 24.7. The number of aromatic nitrogens is 1. The number of fused-ring (bicyclic) bond motifs is 3. The maximum atomic E-state index is 11.6. The molecule has 2 heterocycles. The molecule has 4 nitrogen and oxygen atoms in total. The molecule has 5 heteroatoms. The molecule has 1 aliphatic heterocycles. The first-order chi connectivity index (χ1) is 11.2. The van der Waals surface area contributed by atoms with Crippen LogP contribution < -0.4 is 5.32 Å². The highest BCUT2D eigenvalue weighted by Crippen LogP contribution is 2.52. The van der Waals surface area contributed by atoms with Crippen LogP contribution in [0, 0.1) is 5.92 Å². The molecule has 3 atom stereocenters. The van der Waals surface area contributed by atoms with Crippen LogP contribution in [-0.4, -0.2) is 16.1 Å². The number of aromatic carboxylic acids is 1. The van der Waals surface area contributed by atoms with Crippen molar-refractivity contribution in [1.29, 1.82) is 0 Å². The SMILES string of the molecule is O=C(O)c1ccc(Cl)c2c1C1C=CCC1[C@@H](c1ccccn1)N2. The molecule has 0 amide bonds. The Morgan fingerprint density at radius 2 is 2.17 bits per heavy atom. The summed E-state index contributed by atoms with van der Waals surface area (Å²) in [7, 11) is 0. The number of pyridine rings is 1. The highest BCUT2D eigenvalue weighted by molar-refractivity contribution is 6.33. The molecule has 0 bridgehead atoms. The summed E-state index contributed by atoms with van der Waals surface area (Å²) in [5.41, 5.74) is 2.78. The van der Waals surface area contributed by atoms with Crippen molar-refractivity contribution in [2.75, 3.05) is 5.32 Å². The summed E-state index contributed by atoms with van der Waals surface area (Å²) in [6.45, 7) is 0. The fourth-order valence-electron chi connectivity index (χ4n) is 3.71. The second-order valence-electron chi connectivity index (χ2n) is 5.92. The van der Waals surface area contributed by atoms with Crippen LogP contribution in [0.15, 0.2) is 48.7 Å². The maximum absolute atomic E-state index is 11.6. The number of halogens is 1. The Kier molecular flexibility index (Phi) is 3.34. The van der Waals surface area contributed by atoms with Gasteiger partial charge in [0.15, 0.2) is 0 Å². The summed E-state index contributed by atoms with van der Waals surface area (Å²) in [6, 6.07) is 9.10. The number of hydrogen-bond donors (Lipinski definition) is 2. The van der Waals surface area contributed by atoms with Crippen LogP contribution in [0.1, 0.15) is 40.0 Å². The van der Waals surface area contributed by atoms with Crippen LogP contribution in [0.5, 0.6) is 0 Å². The third-order valence-electron chi connectivity index (χ3n) is 4.71. The molecule has 23 heavy (non-hydrogen) atoms. The molecule has 2 aliphatic rings. The molecule has 2 aromatic rings.